The molecular formula is C18H21ClN2O3S. The first-order chi connectivity index (χ1) is 11.9. The molecule has 0 saturated carbocycles. The van der Waals surface area contributed by atoms with Gasteiger partial charge in [-0.15, -0.1) is 0 Å². The van der Waals surface area contributed by atoms with E-state index in [0.717, 1.165) is 9.87 Å². The van der Waals surface area contributed by atoms with Crippen LogP contribution in [0.5, 0.6) is 0 Å². The zero-order valence-corrected chi connectivity index (χ0v) is 15.8. The van der Waals surface area contributed by atoms with Crippen molar-refractivity contribution in [2.24, 2.45) is 0 Å². The number of nitrogens with zero attached hydrogens (tertiary/aromatic N) is 1. The molecule has 0 aliphatic heterocycles. The van der Waals surface area contributed by atoms with E-state index < -0.39 is 15.9 Å². The average molecular weight is 381 g/mol. The van der Waals surface area contributed by atoms with Crippen LogP contribution in [0.2, 0.25) is 5.02 Å². The van der Waals surface area contributed by atoms with Gasteiger partial charge in [-0.3, -0.25) is 4.79 Å². The maximum Gasteiger partial charge on any atom is 0.245 e. The molecule has 0 spiro atoms. The number of hydrogen-bond donors (Lipinski definition) is 1. The second kappa shape index (κ2) is 8.47. The Balaban J connectivity index is 2.22. The lowest BCUT2D eigenvalue weighted by molar-refractivity contribution is -0.116. The molecule has 0 fully saturated rings. The molecule has 0 atom stereocenters. The van der Waals surface area contributed by atoms with E-state index in [-0.39, 0.29) is 23.0 Å². The first kappa shape index (κ1) is 19.4. The minimum Gasteiger partial charge on any atom is -0.325 e. The van der Waals surface area contributed by atoms with Gasteiger partial charge in [0.2, 0.25) is 15.9 Å². The average Bonchev–Trinajstić information content (AvgIpc) is 2.57. The number of hydrogen-bond acceptors (Lipinski definition) is 3. The molecule has 25 heavy (non-hydrogen) atoms. The van der Waals surface area contributed by atoms with Crippen LogP contribution in [0.25, 0.3) is 0 Å². The van der Waals surface area contributed by atoms with Gasteiger partial charge in [-0.25, -0.2) is 8.42 Å². The van der Waals surface area contributed by atoms with E-state index >= 15 is 0 Å². The Kier molecular flexibility index (Phi) is 6.58. The summed E-state index contributed by atoms with van der Waals surface area (Å²) in [7, 11) is -3.85. The number of benzene rings is 2. The molecule has 2 aromatic carbocycles. The van der Waals surface area contributed by atoms with Crippen LogP contribution in [0.15, 0.2) is 53.4 Å². The van der Waals surface area contributed by atoms with Gasteiger partial charge in [-0.1, -0.05) is 48.9 Å². The molecule has 0 aromatic heterocycles. The van der Waals surface area contributed by atoms with Gasteiger partial charge in [0.25, 0.3) is 0 Å². The quantitative estimate of drug-likeness (QED) is 0.796. The molecule has 0 aliphatic rings. The van der Waals surface area contributed by atoms with Crippen molar-refractivity contribution < 1.29 is 13.2 Å². The molecule has 1 amide bonds. The van der Waals surface area contributed by atoms with Crippen LogP contribution in [-0.2, 0) is 14.8 Å². The predicted molar refractivity (Wildman–Crippen MR) is 100 cm³/mol. The lowest BCUT2D eigenvalue weighted by atomic mass is 10.2. The standard InChI is InChI=1S/C18H21ClN2O3S/c1-3-12-21(25(23,24)17-11-7-5-9-15(17)19)13-18(22)20-16-10-6-4-8-14(16)2/h4-11H,3,12-13H2,1-2H3,(H,20,22). The fraction of sp³-hybridized carbons (Fsp3) is 0.278. The highest BCUT2D eigenvalue weighted by Crippen LogP contribution is 2.24. The van der Waals surface area contributed by atoms with E-state index in [0.29, 0.717) is 12.1 Å². The number of para-hydroxylation sites is 1. The predicted octanol–water partition coefficient (Wildman–Crippen LogP) is 3.69. The van der Waals surface area contributed by atoms with E-state index in [1.807, 2.05) is 32.0 Å². The third-order valence-electron chi connectivity index (χ3n) is 3.67. The van der Waals surface area contributed by atoms with Crippen molar-refractivity contribution >= 4 is 33.2 Å². The van der Waals surface area contributed by atoms with Gasteiger partial charge in [-0.05, 0) is 37.1 Å². The number of rotatable bonds is 7. The summed E-state index contributed by atoms with van der Waals surface area (Å²) in [5.74, 6) is -0.390. The summed E-state index contributed by atoms with van der Waals surface area (Å²) in [5, 5.41) is 2.90. The Morgan fingerprint density at radius 1 is 1.12 bits per heavy atom. The van der Waals surface area contributed by atoms with Crippen molar-refractivity contribution in [3.8, 4) is 0 Å². The van der Waals surface area contributed by atoms with E-state index in [1.54, 1.807) is 18.2 Å². The number of sulfonamides is 1. The number of carbonyl (C=O) groups is 1. The van der Waals surface area contributed by atoms with Crippen LogP contribution in [-0.4, -0.2) is 31.7 Å². The molecule has 2 rings (SSSR count). The highest BCUT2D eigenvalue weighted by atomic mass is 35.5. The number of anilines is 1. The zero-order chi connectivity index (χ0) is 18.4. The SMILES string of the molecule is CCCN(CC(=O)Nc1ccccc1C)S(=O)(=O)c1ccccc1Cl. The molecule has 2 aromatic rings. The molecule has 5 nitrogen and oxygen atoms in total. The largest absolute Gasteiger partial charge is 0.325 e. The summed E-state index contributed by atoms with van der Waals surface area (Å²) in [6.07, 6.45) is 0.585. The van der Waals surface area contributed by atoms with Crippen LogP contribution < -0.4 is 5.32 Å². The molecule has 0 saturated heterocycles. The summed E-state index contributed by atoms with van der Waals surface area (Å²) >= 11 is 6.03. The second-order valence-corrected chi connectivity index (χ2v) is 7.95. The van der Waals surface area contributed by atoms with Crippen molar-refractivity contribution in [3.05, 3.63) is 59.1 Å². The summed E-state index contributed by atoms with van der Waals surface area (Å²) in [6.45, 7) is 3.69. The summed E-state index contributed by atoms with van der Waals surface area (Å²) in [4.78, 5) is 12.4. The molecule has 1 N–H and O–H groups in total. The number of aryl methyl sites for hydroxylation is 1. The zero-order valence-electron chi connectivity index (χ0n) is 14.2. The van der Waals surface area contributed by atoms with E-state index in [4.69, 9.17) is 11.6 Å². The number of nitrogens with one attached hydrogen (secondary N) is 1. The van der Waals surface area contributed by atoms with Crippen molar-refractivity contribution in [2.45, 2.75) is 25.2 Å². The van der Waals surface area contributed by atoms with Crippen molar-refractivity contribution in [3.63, 3.8) is 0 Å². The van der Waals surface area contributed by atoms with Crippen molar-refractivity contribution in [1.82, 2.24) is 4.31 Å². The van der Waals surface area contributed by atoms with E-state index in [9.17, 15) is 13.2 Å². The first-order valence-electron chi connectivity index (χ1n) is 7.96. The number of amides is 1. The molecule has 0 unspecified atom stereocenters. The highest BCUT2D eigenvalue weighted by molar-refractivity contribution is 7.89. The number of halogens is 1. The topological polar surface area (TPSA) is 66.5 Å². The Morgan fingerprint density at radius 3 is 2.40 bits per heavy atom. The van der Waals surface area contributed by atoms with Gasteiger partial charge >= 0.3 is 0 Å². The third kappa shape index (κ3) is 4.81. The van der Waals surface area contributed by atoms with Gasteiger partial charge in [0.1, 0.15) is 4.90 Å². The monoisotopic (exact) mass is 380 g/mol. The van der Waals surface area contributed by atoms with Crippen molar-refractivity contribution in [1.29, 1.82) is 0 Å². The van der Waals surface area contributed by atoms with Gasteiger partial charge in [0.15, 0.2) is 0 Å². The molecule has 0 heterocycles. The number of carbonyl (C=O) groups excluding carboxylic acids is 1. The highest BCUT2D eigenvalue weighted by Gasteiger charge is 2.27. The van der Waals surface area contributed by atoms with Gasteiger partial charge < -0.3 is 5.32 Å². The smallest absolute Gasteiger partial charge is 0.245 e. The molecular weight excluding hydrogens is 360 g/mol. The maximum absolute atomic E-state index is 12.9. The van der Waals surface area contributed by atoms with Gasteiger partial charge in [0.05, 0.1) is 11.6 Å². The van der Waals surface area contributed by atoms with Crippen molar-refractivity contribution in [2.75, 3.05) is 18.4 Å². The molecule has 7 heteroatoms. The Bertz CT molecular complexity index is 853. The molecule has 134 valence electrons. The molecule has 0 aliphatic carbocycles. The summed E-state index contributed by atoms with van der Waals surface area (Å²) in [6, 6.07) is 13.6. The Hall–Kier alpha value is -1.89. The lowest BCUT2D eigenvalue weighted by Gasteiger charge is -2.22. The lowest BCUT2D eigenvalue weighted by Crippen LogP contribution is -2.38. The third-order valence-corrected chi connectivity index (χ3v) is 6.01. The molecule has 0 radical (unpaired) electrons. The van der Waals surface area contributed by atoms with Crippen LogP contribution >= 0.6 is 11.6 Å². The summed E-state index contributed by atoms with van der Waals surface area (Å²) < 4.78 is 26.9. The second-order valence-electron chi connectivity index (χ2n) is 5.63. The Morgan fingerprint density at radius 2 is 1.76 bits per heavy atom. The van der Waals surface area contributed by atoms with Crippen LogP contribution in [0.4, 0.5) is 5.69 Å². The van der Waals surface area contributed by atoms with E-state index in [1.165, 1.54) is 12.1 Å². The summed E-state index contributed by atoms with van der Waals surface area (Å²) in [5.41, 5.74) is 1.57. The van der Waals surface area contributed by atoms with E-state index in [2.05, 4.69) is 5.32 Å². The first-order valence-corrected chi connectivity index (χ1v) is 9.78. The minimum absolute atomic E-state index is 0.00816. The van der Waals surface area contributed by atoms with Gasteiger partial charge in [-0.2, -0.15) is 4.31 Å². The van der Waals surface area contributed by atoms with Crippen LogP contribution in [0, 0.1) is 6.92 Å². The fourth-order valence-electron chi connectivity index (χ4n) is 2.39. The maximum atomic E-state index is 12.9. The Labute approximate surface area is 153 Å². The normalized spacial score (nSPS) is 11.5. The van der Waals surface area contributed by atoms with Crippen LogP contribution in [0.3, 0.4) is 0 Å². The molecule has 0 bridgehead atoms. The minimum atomic E-state index is -3.85. The van der Waals surface area contributed by atoms with Gasteiger partial charge in [0, 0.05) is 12.2 Å². The fourth-order valence-corrected chi connectivity index (χ4v) is 4.37. The van der Waals surface area contributed by atoms with Crippen LogP contribution in [0.1, 0.15) is 18.9 Å².